The minimum atomic E-state index is -0.812. The van der Waals surface area contributed by atoms with Crippen molar-refractivity contribution in [3.05, 3.63) is 71.3 Å². The van der Waals surface area contributed by atoms with E-state index < -0.39 is 5.72 Å². The second-order valence-corrected chi connectivity index (χ2v) is 5.55. The van der Waals surface area contributed by atoms with Crippen molar-refractivity contribution in [2.75, 3.05) is 14.2 Å². The van der Waals surface area contributed by atoms with Crippen molar-refractivity contribution in [2.24, 2.45) is 0 Å². The first kappa shape index (κ1) is 16.2. The minimum Gasteiger partial charge on any atom is -0.355 e. The maximum Gasteiger partial charge on any atom is 0.256 e. The van der Waals surface area contributed by atoms with Gasteiger partial charge in [0.05, 0.1) is 0 Å². The molecule has 0 aliphatic heterocycles. The number of hydrogen-bond acceptors (Lipinski definition) is 2. The van der Waals surface area contributed by atoms with Crippen molar-refractivity contribution in [3.8, 4) is 0 Å². The molecule has 22 heavy (non-hydrogen) atoms. The molecular formula is C19H23NO2. The smallest absolute Gasteiger partial charge is 0.256 e. The van der Waals surface area contributed by atoms with Crippen LogP contribution in [-0.4, -0.2) is 25.0 Å². The molecule has 1 aliphatic carbocycles. The normalized spacial score (nSPS) is 16.6. The summed E-state index contributed by atoms with van der Waals surface area (Å²) >= 11 is 0. The third kappa shape index (κ3) is 3.04. The highest BCUT2D eigenvalue weighted by molar-refractivity contribution is 5.96. The van der Waals surface area contributed by atoms with Crippen LogP contribution in [0.3, 0.4) is 0 Å². The van der Waals surface area contributed by atoms with Crippen LogP contribution in [0, 0.1) is 6.92 Å². The maximum atomic E-state index is 12.8. The fourth-order valence-corrected chi connectivity index (χ4v) is 2.63. The van der Waals surface area contributed by atoms with Gasteiger partial charge >= 0.3 is 0 Å². The largest absolute Gasteiger partial charge is 0.355 e. The molecule has 0 N–H and O–H groups in total. The number of benzene rings is 1. The quantitative estimate of drug-likeness (QED) is 0.793. The van der Waals surface area contributed by atoms with Gasteiger partial charge in [0, 0.05) is 25.3 Å². The SMILES string of the molecule is COC(C)(c1ccccc1C)N(C)C(=O)C1=CC=CCC=C1. The molecule has 0 spiro atoms. The zero-order valence-electron chi connectivity index (χ0n) is 13.7. The summed E-state index contributed by atoms with van der Waals surface area (Å²) in [5.41, 5.74) is 1.93. The van der Waals surface area contributed by atoms with Crippen LogP contribution in [0.2, 0.25) is 0 Å². The number of allylic oxidation sites excluding steroid dienone is 4. The Morgan fingerprint density at radius 2 is 2.00 bits per heavy atom. The monoisotopic (exact) mass is 297 g/mol. The Morgan fingerprint density at radius 1 is 1.27 bits per heavy atom. The van der Waals surface area contributed by atoms with E-state index in [1.54, 1.807) is 19.1 Å². The number of likely N-dealkylation sites (N-methyl/N-ethyl adjacent to an activating group) is 1. The Labute approximate surface area is 132 Å². The van der Waals surface area contributed by atoms with Crippen molar-refractivity contribution in [1.29, 1.82) is 0 Å². The fraction of sp³-hybridized carbons (Fsp3) is 0.316. The summed E-state index contributed by atoms with van der Waals surface area (Å²) < 4.78 is 5.75. The van der Waals surface area contributed by atoms with Crippen LogP contribution in [-0.2, 0) is 15.3 Å². The third-order valence-electron chi connectivity index (χ3n) is 4.22. The van der Waals surface area contributed by atoms with Gasteiger partial charge in [-0.25, -0.2) is 0 Å². The van der Waals surface area contributed by atoms with Gasteiger partial charge in [-0.3, -0.25) is 4.79 Å². The number of carbonyl (C=O) groups excluding carboxylic acids is 1. The van der Waals surface area contributed by atoms with Crippen molar-refractivity contribution >= 4 is 5.91 Å². The molecule has 1 aliphatic rings. The molecule has 2 rings (SSSR count). The van der Waals surface area contributed by atoms with Gasteiger partial charge in [0.15, 0.2) is 5.72 Å². The molecule has 0 aromatic heterocycles. The molecule has 1 aromatic carbocycles. The number of amides is 1. The molecule has 1 aromatic rings. The highest BCUT2D eigenvalue weighted by Gasteiger charge is 2.36. The molecule has 0 bridgehead atoms. The van der Waals surface area contributed by atoms with Crippen LogP contribution in [0.1, 0.15) is 24.5 Å². The predicted molar refractivity (Wildman–Crippen MR) is 89.3 cm³/mol. The Hall–Kier alpha value is -2.13. The van der Waals surface area contributed by atoms with Gasteiger partial charge in [-0.15, -0.1) is 0 Å². The number of nitrogens with zero attached hydrogens (tertiary/aromatic N) is 1. The summed E-state index contributed by atoms with van der Waals surface area (Å²) in [6.45, 7) is 3.95. The molecule has 0 radical (unpaired) electrons. The van der Waals surface area contributed by atoms with E-state index in [1.165, 1.54) is 0 Å². The van der Waals surface area contributed by atoms with Crippen LogP contribution in [0.5, 0.6) is 0 Å². The fourth-order valence-electron chi connectivity index (χ4n) is 2.63. The second kappa shape index (κ2) is 6.75. The molecule has 0 fully saturated rings. The van der Waals surface area contributed by atoms with E-state index in [0.717, 1.165) is 17.5 Å². The summed E-state index contributed by atoms with van der Waals surface area (Å²) in [6, 6.07) is 7.97. The molecule has 1 unspecified atom stereocenters. The molecule has 3 heteroatoms. The lowest BCUT2D eigenvalue weighted by Crippen LogP contribution is -2.47. The van der Waals surface area contributed by atoms with Crippen molar-refractivity contribution in [2.45, 2.75) is 26.0 Å². The number of methoxy groups -OCH3 is 1. The minimum absolute atomic E-state index is 0.0598. The maximum absolute atomic E-state index is 12.8. The van der Waals surface area contributed by atoms with Crippen molar-refractivity contribution in [3.63, 3.8) is 0 Å². The Bertz CT molecular complexity index is 643. The van der Waals surface area contributed by atoms with E-state index in [1.807, 2.05) is 68.5 Å². The predicted octanol–water partition coefficient (Wildman–Crippen LogP) is 3.72. The average Bonchev–Trinajstić information content (AvgIpc) is 2.82. The Balaban J connectivity index is 2.38. The average molecular weight is 297 g/mol. The van der Waals surface area contributed by atoms with Gasteiger partial charge in [-0.05, 0) is 31.9 Å². The van der Waals surface area contributed by atoms with Gasteiger partial charge in [0.1, 0.15) is 0 Å². The van der Waals surface area contributed by atoms with E-state index in [-0.39, 0.29) is 5.91 Å². The van der Waals surface area contributed by atoms with Crippen LogP contribution in [0.25, 0.3) is 0 Å². The summed E-state index contributed by atoms with van der Waals surface area (Å²) in [7, 11) is 3.41. The van der Waals surface area contributed by atoms with Gasteiger partial charge in [-0.2, -0.15) is 0 Å². The molecule has 0 saturated heterocycles. The Kier molecular flexibility index (Phi) is 4.99. The molecule has 3 nitrogen and oxygen atoms in total. The van der Waals surface area contributed by atoms with E-state index in [4.69, 9.17) is 4.74 Å². The number of carbonyl (C=O) groups is 1. The first-order chi connectivity index (χ1) is 10.5. The number of aryl methyl sites for hydroxylation is 1. The van der Waals surface area contributed by atoms with Crippen LogP contribution >= 0.6 is 0 Å². The van der Waals surface area contributed by atoms with E-state index >= 15 is 0 Å². The first-order valence-corrected chi connectivity index (χ1v) is 7.43. The highest BCUT2D eigenvalue weighted by atomic mass is 16.5. The van der Waals surface area contributed by atoms with Crippen LogP contribution in [0.4, 0.5) is 0 Å². The topological polar surface area (TPSA) is 29.5 Å². The summed E-state index contributed by atoms with van der Waals surface area (Å²) in [4.78, 5) is 14.5. The first-order valence-electron chi connectivity index (χ1n) is 7.43. The number of ether oxygens (including phenoxy) is 1. The molecule has 1 atom stereocenters. The van der Waals surface area contributed by atoms with Crippen molar-refractivity contribution in [1.82, 2.24) is 4.90 Å². The van der Waals surface area contributed by atoms with E-state index in [2.05, 4.69) is 0 Å². The van der Waals surface area contributed by atoms with E-state index in [0.29, 0.717) is 5.57 Å². The van der Waals surface area contributed by atoms with Crippen LogP contribution in [0.15, 0.2) is 60.2 Å². The lowest BCUT2D eigenvalue weighted by Gasteiger charge is -2.39. The lowest BCUT2D eigenvalue weighted by molar-refractivity contribution is -0.157. The summed E-state index contributed by atoms with van der Waals surface area (Å²) in [5.74, 6) is -0.0598. The number of rotatable bonds is 4. The van der Waals surface area contributed by atoms with Gasteiger partial charge < -0.3 is 9.64 Å². The number of hydrogen-bond donors (Lipinski definition) is 0. The summed E-state index contributed by atoms with van der Waals surface area (Å²) in [6.07, 6.45) is 10.5. The highest BCUT2D eigenvalue weighted by Crippen LogP contribution is 2.31. The Morgan fingerprint density at radius 3 is 2.68 bits per heavy atom. The zero-order chi connectivity index (χ0) is 16.2. The molecular weight excluding hydrogens is 274 g/mol. The lowest BCUT2D eigenvalue weighted by atomic mass is 9.97. The van der Waals surface area contributed by atoms with Gasteiger partial charge in [0.25, 0.3) is 5.91 Å². The van der Waals surface area contributed by atoms with Gasteiger partial charge in [0.2, 0.25) is 0 Å². The van der Waals surface area contributed by atoms with Crippen LogP contribution < -0.4 is 0 Å². The van der Waals surface area contributed by atoms with Crippen molar-refractivity contribution < 1.29 is 9.53 Å². The molecule has 1 amide bonds. The third-order valence-corrected chi connectivity index (χ3v) is 4.22. The summed E-state index contributed by atoms with van der Waals surface area (Å²) in [5, 5.41) is 0. The standard InChI is InChI=1S/C19H23NO2/c1-15-11-9-10-14-17(15)19(2,22-4)20(3)18(21)16-12-7-5-6-8-13-16/h5,7-14H,6H2,1-4H3. The molecule has 0 saturated carbocycles. The second-order valence-electron chi connectivity index (χ2n) is 5.55. The zero-order valence-corrected chi connectivity index (χ0v) is 13.7. The van der Waals surface area contributed by atoms with E-state index in [9.17, 15) is 4.79 Å². The molecule has 0 heterocycles. The molecule has 116 valence electrons. The van der Waals surface area contributed by atoms with Gasteiger partial charge in [-0.1, -0.05) is 48.6 Å².